The molecule has 3 aromatic rings. The minimum Gasteiger partial charge on any atom is -0.755 e. The summed E-state index contributed by atoms with van der Waals surface area (Å²) in [7, 11) is 0. The van der Waals surface area contributed by atoms with Crippen LogP contribution in [0.25, 0.3) is 0 Å². The smallest absolute Gasteiger partial charge is 0.251 e. The van der Waals surface area contributed by atoms with Crippen molar-refractivity contribution in [3.05, 3.63) is 83.4 Å². The average Bonchev–Trinajstić information content (AvgIpc) is 2.76. The number of amides is 1. The number of carbonyl (C=O) groups is 1. The molecule has 3 aromatic carbocycles. The minimum atomic E-state index is -2.83. The summed E-state index contributed by atoms with van der Waals surface area (Å²) >= 11 is -5.62. The molecule has 0 heterocycles. The molecule has 10 heteroatoms. The van der Waals surface area contributed by atoms with Gasteiger partial charge in [0.15, 0.2) is 0 Å². The Balaban J connectivity index is 2.27. The van der Waals surface area contributed by atoms with Crippen LogP contribution in [0, 0.1) is 13.8 Å². The third-order valence-corrected chi connectivity index (χ3v) is 6.41. The standard InChI is InChI=1S/C25H29N3O5S2/c1-17-6-11-20(12-7-17)27(34(30)31)22-15-10-19(24(29)26-25(3,4)5)16-23(22)28(35(32)33)21-13-8-18(2)9-14-21/h6-16H,1-5H3,(H,26,29)(H,30,31)(H,32,33)/p-2. The summed E-state index contributed by atoms with van der Waals surface area (Å²) in [6, 6.07) is 17.7. The third kappa shape index (κ3) is 6.55. The van der Waals surface area contributed by atoms with Gasteiger partial charge in [-0.3, -0.25) is 21.8 Å². The zero-order chi connectivity index (χ0) is 25.9. The van der Waals surface area contributed by atoms with Crippen LogP contribution >= 0.6 is 0 Å². The van der Waals surface area contributed by atoms with Crippen LogP contribution in [-0.4, -0.2) is 29.0 Å². The number of benzene rings is 3. The summed E-state index contributed by atoms with van der Waals surface area (Å²) < 4.78 is 51.7. The normalized spacial score (nSPS) is 13.1. The summed E-state index contributed by atoms with van der Waals surface area (Å²) in [6.45, 7) is 9.21. The van der Waals surface area contributed by atoms with Crippen molar-refractivity contribution in [1.29, 1.82) is 0 Å². The van der Waals surface area contributed by atoms with E-state index in [1.165, 1.54) is 18.2 Å². The van der Waals surface area contributed by atoms with Gasteiger partial charge >= 0.3 is 0 Å². The highest BCUT2D eigenvalue weighted by Gasteiger charge is 2.24. The van der Waals surface area contributed by atoms with E-state index in [1.54, 1.807) is 48.5 Å². The van der Waals surface area contributed by atoms with E-state index >= 15 is 0 Å². The van der Waals surface area contributed by atoms with Crippen LogP contribution in [-0.2, 0) is 22.5 Å². The first-order valence-corrected chi connectivity index (χ1v) is 12.8. The van der Waals surface area contributed by atoms with Crippen LogP contribution in [0.3, 0.4) is 0 Å². The highest BCUT2D eigenvalue weighted by molar-refractivity contribution is 7.81. The summed E-state index contributed by atoms with van der Waals surface area (Å²) in [5.74, 6) is -0.420. The molecule has 0 spiro atoms. The Labute approximate surface area is 210 Å². The van der Waals surface area contributed by atoms with Crippen molar-refractivity contribution in [3.8, 4) is 0 Å². The highest BCUT2D eigenvalue weighted by Crippen LogP contribution is 2.40. The molecular formula is C25H27N3O5S2-2. The molecule has 186 valence electrons. The second-order valence-electron chi connectivity index (χ2n) is 9.10. The first-order valence-electron chi connectivity index (χ1n) is 10.8. The van der Waals surface area contributed by atoms with Crippen LogP contribution in [0.15, 0.2) is 66.7 Å². The fourth-order valence-corrected chi connectivity index (χ4v) is 4.59. The van der Waals surface area contributed by atoms with Crippen molar-refractivity contribution >= 4 is 51.2 Å². The van der Waals surface area contributed by atoms with Gasteiger partial charge in [-0.05, 0) is 77.1 Å². The van der Waals surface area contributed by atoms with E-state index in [4.69, 9.17) is 0 Å². The molecule has 1 amide bonds. The largest absolute Gasteiger partial charge is 0.755 e. The summed E-state index contributed by atoms with van der Waals surface area (Å²) in [5.41, 5.74) is 2.19. The number of hydrogen-bond donors (Lipinski definition) is 1. The molecule has 0 radical (unpaired) electrons. The van der Waals surface area contributed by atoms with Crippen molar-refractivity contribution in [2.45, 2.75) is 40.2 Å². The molecule has 0 aliphatic heterocycles. The minimum absolute atomic E-state index is 0.00789. The van der Waals surface area contributed by atoms with Gasteiger partial charge in [-0.25, -0.2) is 0 Å². The maximum atomic E-state index is 12.9. The average molecular weight is 514 g/mol. The van der Waals surface area contributed by atoms with E-state index in [2.05, 4.69) is 5.32 Å². The van der Waals surface area contributed by atoms with Gasteiger partial charge in [0.25, 0.3) is 5.91 Å². The number of carbonyl (C=O) groups excluding carboxylic acids is 1. The molecule has 0 aliphatic rings. The molecule has 2 unspecified atom stereocenters. The van der Waals surface area contributed by atoms with E-state index in [0.29, 0.717) is 11.4 Å². The van der Waals surface area contributed by atoms with Gasteiger partial charge in [0.1, 0.15) is 0 Å². The lowest BCUT2D eigenvalue weighted by Gasteiger charge is -2.34. The second-order valence-corrected chi connectivity index (χ2v) is 10.7. The van der Waals surface area contributed by atoms with Crippen molar-refractivity contribution in [1.82, 2.24) is 5.32 Å². The van der Waals surface area contributed by atoms with Crippen molar-refractivity contribution < 1.29 is 22.3 Å². The summed E-state index contributed by atoms with van der Waals surface area (Å²) in [6.07, 6.45) is 0. The topological polar surface area (TPSA) is 116 Å². The van der Waals surface area contributed by atoms with Crippen molar-refractivity contribution in [2.24, 2.45) is 0 Å². The number of hydrogen-bond acceptors (Lipinski definition) is 5. The van der Waals surface area contributed by atoms with Crippen molar-refractivity contribution in [3.63, 3.8) is 0 Å². The zero-order valence-corrected chi connectivity index (χ0v) is 21.7. The first kappa shape index (κ1) is 26.6. The highest BCUT2D eigenvalue weighted by atomic mass is 32.2. The summed E-state index contributed by atoms with van der Waals surface area (Å²) in [5, 5.41) is 2.84. The molecule has 0 saturated heterocycles. The third-order valence-electron chi connectivity index (χ3n) is 5.00. The van der Waals surface area contributed by atoms with Gasteiger partial charge < -0.3 is 14.4 Å². The Morgan fingerprint density at radius 2 is 1.17 bits per heavy atom. The molecule has 0 aliphatic carbocycles. The Hall–Kier alpha value is -3.05. The van der Waals surface area contributed by atoms with E-state index in [1.807, 2.05) is 34.6 Å². The molecule has 3 rings (SSSR count). The van der Waals surface area contributed by atoms with E-state index < -0.39 is 34.0 Å². The predicted octanol–water partition coefficient (Wildman–Crippen LogP) is 4.70. The molecule has 0 fully saturated rings. The van der Waals surface area contributed by atoms with Crippen LogP contribution in [0.1, 0.15) is 42.3 Å². The monoisotopic (exact) mass is 513 g/mol. The number of nitrogens with zero attached hydrogens (tertiary/aromatic N) is 2. The second kappa shape index (κ2) is 10.7. The maximum Gasteiger partial charge on any atom is 0.251 e. The van der Waals surface area contributed by atoms with Gasteiger partial charge in [-0.1, -0.05) is 35.4 Å². The predicted molar refractivity (Wildman–Crippen MR) is 138 cm³/mol. The van der Waals surface area contributed by atoms with Crippen LogP contribution in [0.2, 0.25) is 0 Å². The molecular weight excluding hydrogens is 486 g/mol. The van der Waals surface area contributed by atoms with Gasteiger partial charge in [-0.2, -0.15) is 0 Å². The van der Waals surface area contributed by atoms with E-state index in [9.17, 15) is 22.3 Å². The fourth-order valence-electron chi connectivity index (χ4n) is 3.38. The number of rotatable bonds is 7. The van der Waals surface area contributed by atoms with Gasteiger partial charge in [0, 0.05) is 11.1 Å². The lowest BCUT2D eigenvalue weighted by molar-refractivity contribution is 0.0919. The van der Waals surface area contributed by atoms with Crippen LogP contribution in [0.4, 0.5) is 22.7 Å². The first-order chi connectivity index (χ1) is 16.4. The van der Waals surface area contributed by atoms with Crippen LogP contribution < -0.4 is 13.9 Å². The van der Waals surface area contributed by atoms with Gasteiger partial charge in [0.2, 0.25) is 0 Å². The zero-order valence-electron chi connectivity index (χ0n) is 20.1. The Bertz CT molecular complexity index is 1260. The van der Waals surface area contributed by atoms with Crippen molar-refractivity contribution in [2.75, 3.05) is 8.61 Å². The lowest BCUT2D eigenvalue weighted by atomic mass is 10.1. The van der Waals surface area contributed by atoms with E-state index in [0.717, 1.165) is 19.7 Å². The lowest BCUT2D eigenvalue weighted by Crippen LogP contribution is -2.40. The number of nitrogens with one attached hydrogen (secondary N) is 1. The number of anilines is 4. The van der Waals surface area contributed by atoms with Gasteiger partial charge in [-0.15, -0.1) is 0 Å². The maximum absolute atomic E-state index is 12.9. The molecule has 1 N–H and O–H groups in total. The fraction of sp³-hybridized carbons (Fsp3) is 0.240. The Kier molecular flexibility index (Phi) is 8.11. The molecule has 8 nitrogen and oxygen atoms in total. The quantitative estimate of drug-likeness (QED) is 0.460. The SMILES string of the molecule is Cc1ccc(N(c2ccc(C(=O)NC(C)(C)C)cc2N(c2ccc(C)cc2)S(=O)[O-])S(=O)[O-])cc1. The summed E-state index contributed by atoms with van der Waals surface area (Å²) in [4.78, 5) is 12.9. The Morgan fingerprint density at radius 3 is 1.57 bits per heavy atom. The molecule has 35 heavy (non-hydrogen) atoms. The van der Waals surface area contributed by atoms with Crippen LogP contribution in [0.5, 0.6) is 0 Å². The molecule has 0 bridgehead atoms. The molecule has 0 aromatic heterocycles. The molecule has 0 saturated carbocycles. The van der Waals surface area contributed by atoms with Gasteiger partial charge in [0.05, 0.1) is 45.3 Å². The number of aryl methyl sites for hydroxylation is 2. The van der Waals surface area contributed by atoms with E-state index in [-0.39, 0.29) is 16.9 Å². The molecule has 2 atom stereocenters. The Morgan fingerprint density at radius 1 is 0.743 bits per heavy atom.